The van der Waals surface area contributed by atoms with Crippen molar-refractivity contribution in [1.29, 1.82) is 0 Å². The minimum absolute atomic E-state index is 0.0248. The molecular weight excluding hydrogens is 400 g/mol. The van der Waals surface area contributed by atoms with Crippen molar-refractivity contribution in [3.05, 3.63) is 32.6 Å². The van der Waals surface area contributed by atoms with Gasteiger partial charge in [-0.1, -0.05) is 6.92 Å². The molecule has 0 bridgehead atoms. The number of nitrogens with zero attached hydrogens (tertiary/aromatic N) is 1. The zero-order valence-corrected chi connectivity index (χ0v) is 17.3. The van der Waals surface area contributed by atoms with E-state index in [2.05, 4.69) is 4.98 Å². The van der Waals surface area contributed by atoms with Crippen molar-refractivity contribution in [3.8, 4) is 0 Å². The Hall–Kier alpha value is -2.95. The van der Waals surface area contributed by atoms with Crippen LogP contribution in [0.15, 0.2) is 15.8 Å². The van der Waals surface area contributed by atoms with Crippen molar-refractivity contribution in [2.75, 3.05) is 6.61 Å². The molecule has 1 aromatic rings. The van der Waals surface area contributed by atoms with Crippen LogP contribution < -0.4 is 11.2 Å². The minimum atomic E-state index is -1.12. The van der Waals surface area contributed by atoms with Gasteiger partial charge in [0, 0.05) is 39.9 Å². The van der Waals surface area contributed by atoms with Gasteiger partial charge >= 0.3 is 23.6 Å². The van der Waals surface area contributed by atoms with Gasteiger partial charge in [-0.2, -0.15) is 0 Å². The Balaban J connectivity index is 2.45. The quantitative estimate of drug-likeness (QED) is 0.455. The number of nitrogens with one attached hydrogen (secondary N) is 1. The molecule has 0 aromatic carbocycles. The fourth-order valence-corrected chi connectivity index (χ4v) is 3.32. The molecule has 1 aromatic heterocycles. The van der Waals surface area contributed by atoms with Crippen LogP contribution >= 0.6 is 0 Å². The first-order valence-corrected chi connectivity index (χ1v) is 9.61. The molecule has 11 nitrogen and oxygen atoms in total. The third-order valence-corrected chi connectivity index (χ3v) is 4.43. The van der Waals surface area contributed by atoms with Crippen molar-refractivity contribution in [1.82, 2.24) is 9.55 Å². The zero-order valence-electron chi connectivity index (χ0n) is 17.3. The number of H-pyrrole nitrogens is 1. The monoisotopic (exact) mass is 426 g/mol. The molecule has 2 heterocycles. The topological polar surface area (TPSA) is 143 Å². The Morgan fingerprint density at radius 1 is 1.07 bits per heavy atom. The highest BCUT2D eigenvalue weighted by Crippen LogP contribution is 2.37. The van der Waals surface area contributed by atoms with Gasteiger partial charge in [0.2, 0.25) is 0 Å². The Labute approximate surface area is 172 Å². The third-order valence-electron chi connectivity index (χ3n) is 4.43. The predicted molar refractivity (Wildman–Crippen MR) is 102 cm³/mol. The van der Waals surface area contributed by atoms with Crippen LogP contribution in [0.25, 0.3) is 0 Å². The fourth-order valence-electron chi connectivity index (χ4n) is 3.32. The van der Waals surface area contributed by atoms with E-state index in [9.17, 15) is 24.0 Å². The van der Waals surface area contributed by atoms with Crippen LogP contribution in [0.3, 0.4) is 0 Å². The maximum atomic E-state index is 12.5. The van der Waals surface area contributed by atoms with Crippen molar-refractivity contribution < 1.29 is 33.3 Å². The molecule has 2 rings (SSSR count). The summed E-state index contributed by atoms with van der Waals surface area (Å²) in [6.45, 7) is 5.82. The second kappa shape index (κ2) is 10.2. The van der Waals surface area contributed by atoms with Gasteiger partial charge in [-0.15, -0.1) is 0 Å². The first-order chi connectivity index (χ1) is 14.1. The lowest BCUT2D eigenvalue weighted by molar-refractivity contribution is -0.164. The summed E-state index contributed by atoms with van der Waals surface area (Å²) in [4.78, 5) is 61.1. The molecule has 1 N–H and O–H groups in total. The number of hydrogen-bond acceptors (Lipinski definition) is 9. The van der Waals surface area contributed by atoms with Gasteiger partial charge in [0.25, 0.3) is 5.56 Å². The Morgan fingerprint density at radius 3 is 2.27 bits per heavy atom. The average molecular weight is 426 g/mol. The van der Waals surface area contributed by atoms with Gasteiger partial charge in [0.15, 0.2) is 12.2 Å². The molecule has 166 valence electrons. The SMILES string of the molecule is CCCn1cc([C@@H]2O[C@H](CCOC(C)=O)[C@@H](OC(C)=O)[C@H]2OC(C)=O)c(=O)[nH]c1=O. The number of carbonyl (C=O) groups is 3. The molecule has 0 aliphatic carbocycles. The summed E-state index contributed by atoms with van der Waals surface area (Å²) in [6, 6.07) is 0. The van der Waals surface area contributed by atoms with Gasteiger partial charge in [-0.3, -0.25) is 24.2 Å². The van der Waals surface area contributed by atoms with E-state index >= 15 is 0 Å². The minimum Gasteiger partial charge on any atom is -0.466 e. The lowest BCUT2D eigenvalue weighted by Gasteiger charge is -2.23. The number of ether oxygens (including phenoxy) is 4. The van der Waals surface area contributed by atoms with E-state index in [1.807, 2.05) is 6.92 Å². The average Bonchev–Trinajstić information content (AvgIpc) is 2.93. The molecule has 1 aliphatic heterocycles. The Morgan fingerprint density at radius 2 is 1.70 bits per heavy atom. The zero-order chi connectivity index (χ0) is 22.4. The highest BCUT2D eigenvalue weighted by atomic mass is 16.6. The normalized spacial score (nSPS) is 23.1. The summed E-state index contributed by atoms with van der Waals surface area (Å²) in [5, 5.41) is 0. The van der Waals surface area contributed by atoms with Gasteiger partial charge in [-0.05, 0) is 6.42 Å². The Bertz CT molecular complexity index is 904. The number of carbonyl (C=O) groups excluding carboxylic acids is 3. The number of esters is 3. The number of aromatic nitrogens is 2. The number of aryl methyl sites for hydroxylation is 1. The van der Waals surface area contributed by atoms with Gasteiger partial charge in [0.05, 0.1) is 12.2 Å². The first kappa shape index (κ1) is 23.3. The van der Waals surface area contributed by atoms with Crippen molar-refractivity contribution in [2.45, 2.75) is 71.5 Å². The van der Waals surface area contributed by atoms with Gasteiger partial charge in [0.1, 0.15) is 12.2 Å². The van der Waals surface area contributed by atoms with Crippen molar-refractivity contribution in [3.63, 3.8) is 0 Å². The largest absolute Gasteiger partial charge is 0.466 e. The fraction of sp³-hybridized carbons (Fsp3) is 0.632. The predicted octanol–water partition coefficient (Wildman–Crippen LogP) is 0.203. The van der Waals surface area contributed by atoms with Crippen LogP contribution in [0.4, 0.5) is 0 Å². The highest BCUT2D eigenvalue weighted by Gasteiger charge is 2.50. The molecule has 0 spiro atoms. The summed E-state index contributed by atoms with van der Waals surface area (Å²) in [5.74, 6) is -1.79. The summed E-state index contributed by atoms with van der Waals surface area (Å²) in [7, 11) is 0. The lowest BCUT2D eigenvalue weighted by Crippen LogP contribution is -2.40. The second-order valence-electron chi connectivity index (χ2n) is 6.91. The highest BCUT2D eigenvalue weighted by molar-refractivity contribution is 5.67. The van der Waals surface area contributed by atoms with Crippen LogP contribution in [0, 0.1) is 0 Å². The molecule has 0 radical (unpaired) electrons. The maximum Gasteiger partial charge on any atom is 0.328 e. The molecule has 0 saturated carbocycles. The van der Waals surface area contributed by atoms with Crippen LogP contribution in [0.5, 0.6) is 0 Å². The molecule has 1 fully saturated rings. The van der Waals surface area contributed by atoms with E-state index in [0.29, 0.717) is 13.0 Å². The van der Waals surface area contributed by atoms with E-state index in [1.165, 1.54) is 31.5 Å². The molecule has 0 unspecified atom stereocenters. The van der Waals surface area contributed by atoms with Gasteiger partial charge < -0.3 is 23.5 Å². The van der Waals surface area contributed by atoms with Crippen LogP contribution in [-0.2, 0) is 39.9 Å². The van der Waals surface area contributed by atoms with Gasteiger partial charge in [-0.25, -0.2) is 4.79 Å². The van der Waals surface area contributed by atoms with E-state index in [-0.39, 0.29) is 18.6 Å². The Kier molecular flexibility index (Phi) is 7.93. The number of aromatic amines is 1. The molecule has 4 atom stereocenters. The van der Waals surface area contributed by atoms with E-state index < -0.39 is 53.6 Å². The van der Waals surface area contributed by atoms with E-state index in [0.717, 1.165) is 0 Å². The number of hydrogen-bond donors (Lipinski definition) is 1. The first-order valence-electron chi connectivity index (χ1n) is 9.61. The second-order valence-corrected chi connectivity index (χ2v) is 6.91. The van der Waals surface area contributed by atoms with Crippen LogP contribution in [-0.4, -0.2) is 52.4 Å². The smallest absolute Gasteiger partial charge is 0.328 e. The van der Waals surface area contributed by atoms with Crippen molar-refractivity contribution >= 4 is 17.9 Å². The summed E-state index contributed by atoms with van der Waals surface area (Å²) in [5.41, 5.74) is -1.21. The molecule has 1 aliphatic rings. The molecule has 0 amide bonds. The molecule has 30 heavy (non-hydrogen) atoms. The van der Waals surface area contributed by atoms with Crippen LogP contribution in [0.2, 0.25) is 0 Å². The van der Waals surface area contributed by atoms with E-state index in [4.69, 9.17) is 18.9 Å². The summed E-state index contributed by atoms with van der Waals surface area (Å²) >= 11 is 0. The summed E-state index contributed by atoms with van der Waals surface area (Å²) in [6.07, 6.45) is -1.92. The molecular formula is C19H26N2O9. The third kappa shape index (κ3) is 5.78. The standard InChI is InChI=1S/C19H26N2O9/c1-5-7-21-9-13(18(25)20-19(21)26)15-17(29-12(4)24)16(28-11(3)23)14(30-15)6-8-27-10(2)22/h9,14-17H,5-8H2,1-4H3,(H,20,25,26)/t14-,15+,16-,17+/m1/s1. The maximum absolute atomic E-state index is 12.5. The van der Waals surface area contributed by atoms with Crippen LogP contribution in [0.1, 0.15) is 52.2 Å². The van der Waals surface area contributed by atoms with Crippen molar-refractivity contribution in [2.24, 2.45) is 0 Å². The van der Waals surface area contributed by atoms with E-state index in [1.54, 1.807) is 0 Å². The molecule has 1 saturated heterocycles. The number of rotatable bonds is 8. The lowest BCUT2D eigenvalue weighted by atomic mass is 10.0. The summed E-state index contributed by atoms with van der Waals surface area (Å²) < 4.78 is 22.8. The molecule has 11 heteroatoms.